The van der Waals surface area contributed by atoms with E-state index in [0.29, 0.717) is 24.4 Å². The fourth-order valence-electron chi connectivity index (χ4n) is 4.18. The number of amides is 1. The molecule has 1 N–H and O–H groups in total. The zero-order chi connectivity index (χ0) is 24.7. The summed E-state index contributed by atoms with van der Waals surface area (Å²) < 4.78 is 34.1. The van der Waals surface area contributed by atoms with Gasteiger partial charge in [0.05, 0.1) is 17.5 Å². The summed E-state index contributed by atoms with van der Waals surface area (Å²) in [6, 6.07) is 16.8. The molecular weight excluding hydrogens is 462 g/mol. The predicted molar refractivity (Wildman–Crippen MR) is 136 cm³/mol. The predicted octanol–water partition coefficient (Wildman–Crippen LogP) is 5.43. The molecule has 7 nitrogen and oxygen atoms in total. The lowest BCUT2D eigenvalue weighted by Gasteiger charge is -2.34. The molecule has 2 aromatic carbocycles. The molecule has 0 unspecified atom stereocenters. The van der Waals surface area contributed by atoms with E-state index < -0.39 is 10.0 Å². The van der Waals surface area contributed by atoms with Crippen LogP contribution in [0.4, 0.5) is 5.69 Å². The van der Waals surface area contributed by atoms with Crippen LogP contribution in [0.2, 0.25) is 0 Å². The van der Waals surface area contributed by atoms with Crippen molar-refractivity contribution < 1.29 is 17.9 Å². The van der Waals surface area contributed by atoms with Crippen LogP contribution in [0, 0.1) is 0 Å². The number of hydrogen-bond donors (Lipinski definition) is 1. The SMILES string of the molecule is CCCCOc1ccc(C(=O)Nc2ccc(S(=O)(=O)N3CCCC[C@H]3c3cccnc3)cc2)cc1. The molecule has 0 radical (unpaired) electrons. The van der Waals surface area contributed by atoms with Gasteiger partial charge in [-0.1, -0.05) is 25.8 Å². The summed E-state index contributed by atoms with van der Waals surface area (Å²) in [4.78, 5) is 17.0. The number of carbonyl (C=O) groups excluding carboxylic acids is 1. The summed E-state index contributed by atoms with van der Waals surface area (Å²) in [7, 11) is -3.69. The molecular formula is C27H31N3O4S. The zero-order valence-electron chi connectivity index (χ0n) is 19.9. The third-order valence-electron chi connectivity index (χ3n) is 6.12. The molecule has 1 aliphatic heterocycles. The van der Waals surface area contributed by atoms with Crippen LogP contribution in [0.3, 0.4) is 0 Å². The Balaban J connectivity index is 1.43. The molecule has 0 aliphatic carbocycles. The van der Waals surface area contributed by atoms with E-state index in [0.717, 1.165) is 43.4 Å². The van der Waals surface area contributed by atoms with Crippen molar-refractivity contribution in [3.8, 4) is 5.75 Å². The Morgan fingerprint density at radius 1 is 1.09 bits per heavy atom. The van der Waals surface area contributed by atoms with Crippen molar-refractivity contribution in [3.63, 3.8) is 0 Å². The van der Waals surface area contributed by atoms with Crippen molar-refractivity contribution in [3.05, 3.63) is 84.2 Å². The van der Waals surface area contributed by atoms with Gasteiger partial charge in [0.15, 0.2) is 0 Å². The van der Waals surface area contributed by atoms with Gasteiger partial charge in [0, 0.05) is 30.2 Å². The molecule has 8 heteroatoms. The molecule has 0 saturated carbocycles. The maximum Gasteiger partial charge on any atom is 0.255 e. The van der Waals surface area contributed by atoms with E-state index in [9.17, 15) is 13.2 Å². The first-order valence-electron chi connectivity index (χ1n) is 12.0. The number of pyridine rings is 1. The quantitative estimate of drug-likeness (QED) is 0.402. The Morgan fingerprint density at radius 2 is 1.86 bits per heavy atom. The minimum Gasteiger partial charge on any atom is -0.494 e. The van der Waals surface area contributed by atoms with E-state index in [1.807, 2.05) is 12.1 Å². The van der Waals surface area contributed by atoms with Crippen molar-refractivity contribution in [2.24, 2.45) is 0 Å². The summed E-state index contributed by atoms with van der Waals surface area (Å²) in [5.74, 6) is 0.459. The highest BCUT2D eigenvalue weighted by Crippen LogP contribution is 2.35. The summed E-state index contributed by atoms with van der Waals surface area (Å²) in [5.41, 5.74) is 1.93. The van der Waals surface area contributed by atoms with E-state index in [1.54, 1.807) is 65.2 Å². The number of aromatic nitrogens is 1. The van der Waals surface area contributed by atoms with Crippen molar-refractivity contribution in [2.75, 3.05) is 18.5 Å². The lowest BCUT2D eigenvalue weighted by atomic mass is 9.99. The highest BCUT2D eigenvalue weighted by atomic mass is 32.2. The summed E-state index contributed by atoms with van der Waals surface area (Å²) in [6.45, 7) is 3.22. The molecule has 184 valence electrons. The largest absolute Gasteiger partial charge is 0.494 e. The van der Waals surface area contributed by atoms with Gasteiger partial charge in [-0.2, -0.15) is 4.31 Å². The third-order valence-corrected chi connectivity index (χ3v) is 8.05. The van der Waals surface area contributed by atoms with Crippen molar-refractivity contribution in [1.82, 2.24) is 9.29 Å². The van der Waals surface area contributed by atoms with E-state index >= 15 is 0 Å². The number of anilines is 1. The van der Waals surface area contributed by atoms with Crippen molar-refractivity contribution in [2.45, 2.75) is 50.0 Å². The maximum atomic E-state index is 13.5. The number of benzene rings is 2. The average molecular weight is 494 g/mol. The monoisotopic (exact) mass is 493 g/mol. The molecule has 3 aromatic rings. The lowest BCUT2D eigenvalue weighted by Crippen LogP contribution is -2.38. The first-order chi connectivity index (χ1) is 17.0. The average Bonchev–Trinajstić information content (AvgIpc) is 2.90. The number of nitrogens with one attached hydrogen (secondary N) is 1. The lowest BCUT2D eigenvalue weighted by molar-refractivity contribution is 0.102. The van der Waals surface area contributed by atoms with Gasteiger partial charge >= 0.3 is 0 Å². The second-order valence-corrected chi connectivity index (χ2v) is 10.5. The molecule has 1 atom stereocenters. The fourth-order valence-corrected chi connectivity index (χ4v) is 5.87. The van der Waals surface area contributed by atoms with E-state index in [2.05, 4.69) is 17.2 Å². The van der Waals surface area contributed by atoms with Crippen molar-refractivity contribution in [1.29, 1.82) is 0 Å². The summed E-state index contributed by atoms with van der Waals surface area (Å²) >= 11 is 0. The Labute approximate surface area is 207 Å². The van der Waals surface area contributed by atoms with Gasteiger partial charge in [0.2, 0.25) is 10.0 Å². The first-order valence-corrected chi connectivity index (χ1v) is 13.5. The van der Waals surface area contributed by atoms with Gasteiger partial charge in [-0.3, -0.25) is 9.78 Å². The number of piperidine rings is 1. The number of rotatable bonds is 9. The summed E-state index contributed by atoms with van der Waals surface area (Å²) in [5, 5.41) is 2.83. The first kappa shape index (κ1) is 24.9. The highest BCUT2D eigenvalue weighted by Gasteiger charge is 2.34. The molecule has 1 fully saturated rings. The van der Waals surface area contributed by atoms with Gasteiger partial charge < -0.3 is 10.1 Å². The van der Waals surface area contributed by atoms with Gasteiger partial charge in [0.25, 0.3) is 5.91 Å². The van der Waals surface area contributed by atoms with Crippen LogP contribution in [0.5, 0.6) is 5.75 Å². The van der Waals surface area contributed by atoms with Gasteiger partial charge in [0.1, 0.15) is 5.75 Å². The van der Waals surface area contributed by atoms with Crippen LogP contribution >= 0.6 is 0 Å². The number of hydrogen-bond acceptors (Lipinski definition) is 5. The molecule has 35 heavy (non-hydrogen) atoms. The number of sulfonamides is 1. The minimum atomic E-state index is -3.69. The Morgan fingerprint density at radius 3 is 2.54 bits per heavy atom. The topological polar surface area (TPSA) is 88.6 Å². The minimum absolute atomic E-state index is 0.208. The highest BCUT2D eigenvalue weighted by molar-refractivity contribution is 7.89. The smallest absolute Gasteiger partial charge is 0.255 e. The van der Waals surface area contributed by atoms with Crippen LogP contribution in [0.1, 0.15) is 61.0 Å². The second-order valence-electron chi connectivity index (χ2n) is 8.62. The molecule has 1 amide bonds. The standard InChI is InChI=1S/C27H31N3O4S/c1-2-3-19-34-24-13-9-21(10-14-24)27(31)29-23-11-15-25(16-12-23)35(32,33)30-18-5-4-8-26(30)22-7-6-17-28-20-22/h6-7,9-17,20,26H,2-5,8,18-19H2,1H3,(H,29,31)/t26-/m0/s1. The Bertz CT molecular complexity index is 1210. The Kier molecular flexibility index (Phi) is 8.15. The van der Waals surface area contributed by atoms with Gasteiger partial charge in [-0.05, 0) is 79.4 Å². The summed E-state index contributed by atoms with van der Waals surface area (Å²) in [6.07, 6.45) is 8.03. The number of carbonyl (C=O) groups is 1. The Hall–Kier alpha value is -3.23. The van der Waals surface area contributed by atoms with E-state index in [1.165, 1.54) is 0 Å². The molecule has 1 saturated heterocycles. The third kappa shape index (κ3) is 6.07. The molecule has 1 aromatic heterocycles. The normalized spacial score (nSPS) is 16.5. The van der Waals surface area contributed by atoms with E-state index in [-0.39, 0.29) is 16.8 Å². The molecule has 4 rings (SSSR count). The molecule has 1 aliphatic rings. The van der Waals surface area contributed by atoms with Crippen molar-refractivity contribution >= 4 is 21.6 Å². The van der Waals surface area contributed by atoms with Crippen LogP contribution in [-0.2, 0) is 10.0 Å². The number of ether oxygens (including phenoxy) is 1. The van der Waals surface area contributed by atoms with Crippen LogP contribution < -0.4 is 10.1 Å². The second kappa shape index (κ2) is 11.5. The number of nitrogens with zero attached hydrogens (tertiary/aromatic N) is 2. The number of unbranched alkanes of at least 4 members (excludes halogenated alkanes) is 1. The maximum absolute atomic E-state index is 13.5. The van der Waals surface area contributed by atoms with Gasteiger partial charge in [-0.25, -0.2) is 8.42 Å². The molecule has 0 spiro atoms. The molecule has 2 heterocycles. The molecule has 0 bridgehead atoms. The van der Waals surface area contributed by atoms with Gasteiger partial charge in [-0.15, -0.1) is 0 Å². The van der Waals surface area contributed by atoms with E-state index in [4.69, 9.17) is 4.74 Å². The zero-order valence-corrected chi connectivity index (χ0v) is 20.7. The van der Waals surface area contributed by atoms with Crippen LogP contribution in [0.25, 0.3) is 0 Å². The van der Waals surface area contributed by atoms with Crippen LogP contribution in [-0.4, -0.2) is 36.8 Å². The van der Waals surface area contributed by atoms with Crippen LogP contribution in [0.15, 0.2) is 78.0 Å². The fraction of sp³-hybridized carbons (Fsp3) is 0.333.